The summed E-state index contributed by atoms with van der Waals surface area (Å²) in [6.07, 6.45) is 1.74. The molecular weight excluding hydrogens is 276 g/mol. The average molecular weight is 288 g/mol. The van der Waals surface area contributed by atoms with Crippen molar-refractivity contribution in [1.29, 1.82) is 0 Å². The Kier molecular flexibility index (Phi) is 2.79. The molecule has 4 rings (SSSR count). The van der Waals surface area contributed by atoms with Crippen LogP contribution in [0.25, 0.3) is 32.9 Å². The zero-order chi connectivity index (χ0) is 14.2. The largest absolute Gasteiger partial charge is 0.331 e. The maximum absolute atomic E-state index is 5.20. The first kappa shape index (κ1) is 12.2. The molecule has 21 heavy (non-hydrogen) atoms. The van der Waals surface area contributed by atoms with Crippen molar-refractivity contribution in [2.24, 2.45) is 0 Å². The molecule has 1 heterocycles. The fraction of sp³-hybridized carbons (Fsp3) is 0. The van der Waals surface area contributed by atoms with Crippen LogP contribution in [0.2, 0.25) is 0 Å². The number of nitrogens with one attached hydrogen (secondary N) is 1. The van der Waals surface area contributed by atoms with E-state index in [2.05, 4.69) is 64.6 Å². The molecule has 3 heteroatoms. The molecule has 0 unspecified atom stereocenters. The maximum atomic E-state index is 5.20. The summed E-state index contributed by atoms with van der Waals surface area (Å²) in [6.45, 7) is 0. The van der Waals surface area contributed by atoms with E-state index in [-0.39, 0.29) is 0 Å². The van der Waals surface area contributed by atoms with Crippen molar-refractivity contribution in [3.63, 3.8) is 0 Å². The topological polar surface area (TPSA) is 28.7 Å². The summed E-state index contributed by atoms with van der Waals surface area (Å²) in [5, 5.41) is 4.86. The number of fused-ring (bicyclic) bond motifs is 2. The van der Waals surface area contributed by atoms with Crippen LogP contribution in [0.1, 0.15) is 0 Å². The lowest BCUT2D eigenvalue weighted by molar-refractivity contribution is 1.16. The fourth-order valence-electron chi connectivity index (χ4n) is 2.68. The van der Waals surface area contributed by atoms with E-state index in [9.17, 15) is 0 Å². The SMILES string of the molecule is S=c1ccnc(-c2cccc3cc4ccccc4cc23)[nH]1. The molecule has 4 aromatic rings. The molecule has 0 bridgehead atoms. The Morgan fingerprint density at radius 1 is 0.810 bits per heavy atom. The third-order valence-corrected chi connectivity index (χ3v) is 3.91. The van der Waals surface area contributed by atoms with E-state index in [4.69, 9.17) is 12.2 Å². The summed E-state index contributed by atoms with van der Waals surface area (Å²) in [7, 11) is 0. The Hall–Kier alpha value is -2.52. The molecule has 3 aromatic carbocycles. The first-order chi connectivity index (χ1) is 10.3. The van der Waals surface area contributed by atoms with E-state index >= 15 is 0 Å². The van der Waals surface area contributed by atoms with Crippen LogP contribution < -0.4 is 0 Å². The third-order valence-electron chi connectivity index (χ3n) is 3.67. The number of hydrogen-bond acceptors (Lipinski definition) is 2. The lowest BCUT2D eigenvalue weighted by Gasteiger charge is -2.08. The lowest BCUT2D eigenvalue weighted by atomic mass is 9.99. The minimum Gasteiger partial charge on any atom is -0.331 e. The molecule has 2 nitrogen and oxygen atoms in total. The second kappa shape index (κ2) is 4.79. The minimum atomic E-state index is 0.692. The van der Waals surface area contributed by atoms with Gasteiger partial charge in [-0.25, -0.2) is 4.98 Å². The van der Waals surface area contributed by atoms with Crippen LogP contribution in [0.4, 0.5) is 0 Å². The van der Waals surface area contributed by atoms with Gasteiger partial charge in [0.1, 0.15) is 10.5 Å². The molecule has 1 aromatic heterocycles. The van der Waals surface area contributed by atoms with Crippen LogP contribution in [-0.4, -0.2) is 9.97 Å². The van der Waals surface area contributed by atoms with E-state index in [1.807, 2.05) is 0 Å². The van der Waals surface area contributed by atoms with Gasteiger partial charge in [-0.3, -0.25) is 0 Å². The molecule has 0 spiro atoms. The van der Waals surface area contributed by atoms with E-state index in [0.717, 1.165) is 11.4 Å². The summed E-state index contributed by atoms with van der Waals surface area (Å²) in [5.41, 5.74) is 1.07. The number of hydrogen-bond donors (Lipinski definition) is 1. The Balaban J connectivity index is 2.09. The Labute approximate surface area is 127 Å². The van der Waals surface area contributed by atoms with Crippen LogP contribution in [0.5, 0.6) is 0 Å². The van der Waals surface area contributed by atoms with Crippen molar-refractivity contribution in [2.45, 2.75) is 0 Å². The van der Waals surface area contributed by atoms with Gasteiger partial charge in [-0.1, -0.05) is 54.7 Å². The van der Waals surface area contributed by atoms with Crippen LogP contribution in [0.15, 0.2) is 66.9 Å². The van der Waals surface area contributed by atoms with Crippen LogP contribution in [0, 0.1) is 4.64 Å². The van der Waals surface area contributed by atoms with Crippen LogP contribution in [-0.2, 0) is 0 Å². The quantitative estimate of drug-likeness (QED) is 0.389. The molecule has 0 aliphatic carbocycles. The minimum absolute atomic E-state index is 0.692. The Morgan fingerprint density at radius 2 is 1.57 bits per heavy atom. The number of nitrogens with zero attached hydrogens (tertiary/aromatic N) is 1. The monoisotopic (exact) mass is 288 g/mol. The van der Waals surface area contributed by atoms with E-state index < -0.39 is 0 Å². The number of aromatic amines is 1. The molecular formula is C18H12N2S. The first-order valence-corrected chi connectivity index (χ1v) is 7.19. The predicted octanol–water partition coefficient (Wildman–Crippen LogP) is 5.11. The van der Waals surface area contributed by atoms with Gasteiger partial charge < -0.3 is 4.98 Å². The predicted molar refractivity (Wildman–Crippen MR) is 89.9 cm³/mol. The van der Waals surface area contributed by atoms with Crippen LogP contribution in [0.3, 0.4) is 0 Å². The number of rotatable bonds is 1. The van der Waals surface area contributed by atoms with E-state index in [0.29, 0.717) is 4.64 Å². The smallest absolute Gasteiger partial charge is 0.138 e. The highest BCUT2D eigenvalue weighted by Gasteiger charge is 2.06. The highest BCUT2D eigenvalue weighted by molar-refractivity contribution is 7.71. The summed E-state index contributed by atoms with van der Waals surface area (Å²) in [5.74, 6) is 0.809. The summed E-state index contributed by atoms with van der Waals surface area (Å²) in [6, 6.07) is 20.9. The summed E-state index contributed by atoms with van der Waals surface area (Å²) in [4.78, 5) is 7.59. The van der Waals surface area contributed by atoms with Crippen molar-refractivity contribution in [3.05, 3.63) is 71.5 Å². The van der Waals surface area contributed by atoms with Gasteiger partial charge in [-0.15, -0.1) is 0 Å². The molecule has 0 fully saturated rings. The number of aromatic nitrogens is 2. The molecule has 0 radical (unpaired) electrons. The summed E-state index contributed by atoms with van der Waals surface area (Å²) < 4.78 is 0.692. The fourth-order valence-corrected chi connectivity index (χ4v) is 2.84. The standard InChI is InChI=1S/C18H12N2S/c21-17-8-9-19-18(20-17)15-7-3-6-14-10-12-4-1-2-5-13(12)11-16(14)15/h1-11H,(H,19,20,21). The van der Waals surface area contributed by atoms with Gasteiger partial charge in [0.15, 0.2) is 0 Å². The van der Waals surface area contributed by atoms with Crippen molar-refractivity contribution >= 4 is 33.8 Å². The molecule has 0 saturated heterocycles. The van der Waals surface area contributed by atoms with Gasteiger partial charge in [-0.05, 0) is 39.7 Å². The van der Waals surface area contributed by atoms with Crippen molar-refractivity contribution in [3.8, 4) is 11.4 Å². The zero-order valence-corrected chi connectivity index (χ0v) is 12.0. The van der Waals surface area contributed by atoms with Gasteiger partial charge in [0, 0.05) is 11.8 Å². The average Bonchev–Trinajstić information content (AvgIpc) is 2.52. The van der Waals surface area contributed by atoms with Gasteiger partial charge in [-0.2, -0.15) is 0 Å². The molecule has 100 valence electrons. The van der Waals surface area contributed by atoms with Gasteiger partial charge in [0.05, 0.1) is 0 Å². The molecule has 0 aliphatic heterocycles. The van der Waals surface area contributed by atoms with Gasteiger partial charge >= 0.3 is 0 Å². The number of H-pyrrole nitrogens is 1. The number of benzene rings is 3. The maximum Gasteiger partial charge on any atom is 0.138 e. The summed E-state index contributed by atoms with van der Waals surface area (Å²) >= 11 is 5.20. The van der Waals surface area contributed by atoms with Crippen molar-refractivity contribution in [1.82, 2.24) is 9.97 Å². The van der Waals surface area contributed by atoms with Crippen molar-refractivity contribution in [2.75, 3.05) is 0 Å². The van der Waals surface area contributed by atoms with Crippen molar-refractivity contribution < 1.29 is 0 Å². The van der Waals surface area contributed by atoms with Gasteiger partial charge in [0.25, 0.3) is 0 Å². The molecule has 1 N–H and O–H groups in total. The normalized spacial score (nSPS) is 11.0. The Morgan fingerprint density at radius 3 is 2.38 bits per heavy atom. The van der Waals surface area contributed by atoms with Gasteiger partial charge in [0.2, 0.25) is 0 Å². The molecule has 0 amide bonds. The van der Waals surface area contributed by atoms with E-state index in [1.165, 1.54) is 21.5 Å². The zero-order valence-electron chi connectivity index (χ0n) is 11.2. The third kappa shape index (κ3) is 2.12. The first-order valence-electron chi connectivity index (χ1n) is 6.78. The lowest BCUT2D eigenvalue weighted by Crippen LogP contribution is -1.89. The molecule has 0 atom stereocenters. The molecule has 0 saturated carbocycles. The highest BCUT2D eigenvalue weighted by Crippen LogP contribution is 2.29. The molecule has 0 aliphatic rings. The van der Waals surface area contributed by atoms with Crippen LogP contribution >= 0.6 is 12.2 Å². The second-order valence-electron chi connectivity index (χ2n) is 5.01. The second-order valence-corrected chi connectivity index (χ2v) is 5.45. The highest BCUT2D eigenvalue weighted by atomic mass is 32.1. The Bertz CT molecular complexity index is 1020. The van der Waals surface area contributed by atoms with E-state index in [1.54, 1.807) is 12.3 Å².